The van der Waals surface area contributed by atoms with E-state index in [-0.39, 0.29) is 0 Å². The van der Waals surface area contributed by atoms with Crippen molar-refractivity contribution in [1.82, 2.24) is 15.3 Å². The highest BCUT2D eigenvalue weighted by molar-refractivity contribution is 5.58. The van der Waals surface area contributed by atoms with Gasteiger partial charge in [-0.1, -0.05) is 30.3 Å². The van der Waals surface area contributed by atoms with Gasteiger partial charge in [-0.05, 0) is 32.0 Å². The average molecular weight is 239 g/mol. The van der Waals surface area contributed by atoms with E-state index in [1.54, 1.807) is 6.33 Å². The van der Waals surface area contributed by atoms with Gasteiger partial charge in [-0.25, -0.2) is 9.97 Å². The molecule has 3 heteroatoms. The first-order valence-corrected chi connectivity index (χ1v) is 6.51. The maximum Gasteiger partial charge on any atom is 0.116 e. The molecule has 0 amide bonds. The maximum atomic E-state index is 4.45. The molecule has 1 fully saturated rings. The monoisotopic (exact) mass is 239 g/mol. The minimum Gasteiger partial charge on any atom is -0.317 e. The van der Waals surface area contributed by atoms with Crippen molar-refractivity contribution < 1.29 is 0 Å². The summed E-state index contributed by atoms with van der Waals surface area (Å²) >= 11 is 0. The van der Waals surface area contributed by atoms with Crippen molar-refractivity contribution in [3.05, 3.63) is 48.4 Å². The van der Waals surface area contributed by atoms with Crippen LogP contribution in [0.2, 0.25) is 0 Å². The first-order valence-electron chi connectivity index (χ1n) is 6.51. The molecule has 0 atom stereocenters. The summed E-state index contributed by atoms with van der Waals surface area (Å²) in [7, 11) is 0. The lowest BCUT2D eigenvalue weighted by atomic mass is 9.93. The van der Waals surface area contributed by atoms with E-state index in [1.807, 2.05) is 18.2 Å². The van der Waals surface area contributed by atoms with Crippen LogP contribution in [0.4, 0.5) is 0 Å². The Bertz CT molecular complexity index is 504. The van der Waals surface area contributed by atoms with E-state index in [2.05, 4.69) is 33.5 Å². The van der Waals surface area contributed by atoms with Gasteiger partial charge in [0, 0.05) is 17.2 Å². The highest BCUT2D eigenvalue weighted by Gasteiger charge is 2.17. The first kappa shape index (κ1) is 11.4. The first-order chi connectivity index (χ1) is 8.93. The summed E-state index contributed by atoms with van der Waals surface area (Å²) in [6, 6.07) is 12.4. The predicted octanol–water partition coefficient (Wildman–Crippen LogP) is 2.61. The average Bonchev–Trinajstić information content (AvgIpc) is 2.49. The second-order valence-electron chi connectivity index (χ2n) is 4.72. The van der Waals surface area contributed by atoms with E-state index in [4.69, 9.17) is 0 Å². The lowest BCUT2D eigenvalue weighted by Crippen LogP contribution is -2.27. The fraction of sp³-hybridized carbons (Fsp3) is 0.333. The van der Waals surface area contributed by atoms with E-state index < -0.39 is 0 Å². The summed E-state index contributed by atoms with van der Waals surface area (Å²) in [5.74, 6) is 0.580. The van der Waals surface area contributed by atoms with Crippen molar-refractivity contribution in [3.63, 3.8) is 0 Å². The molecule has 3 rings (SSSR count). The van der Waals surface area contributed by atoms with Gasteiger partial charge in [-0.3, -0.25) is 0 Å². The summed E-state index contributed by atoms with van der Waals surface area (Å²) in [4.78, 5) is 8.83. The molecule has 1 saturated heterocycles. The summed E-state index contributed by atoms with van der Waals surface area (Å²) in [5.41, 5.74) is 3.37. The molecule has 3 nitrogen and oxygen atoms in total. The Morgan fingerprint density at radius 3 is 2.56 bits per heavy atom. The number of nitrogens with one attached hydrogen (secondary N) is 1. The van der Waals surface area contributed by atoms with E-state index >= 15 is 0 Å². The molecule has 1 aliphatic rings. The van der Waals surface area contributed by atoms with Crippen molar-refractivity contribution >= 4 is 0 Å². The van der Waals surface area contributed by atoms with Gasteiger partial charge >= 0.3 is 0 Å². The number of nitrogens with zero attached hydrogens (tertiary/aromatic N) is 2. The molecule has 0 spiro atoms. The predicted molar refractivity (Wildman–Crippen MR) is 72.3 cm³/mol. The Hall–Kier alpha value is -1.74. The third kappa shape index (κ3) is 2.41. The fourth-order valence-corrected chi connectivity index (χ4v) is 2.48. The maximum absolute atomic E-state index is 4.45. The summed E-state index contributed by atoms with van der Waals surface area (Å²) in [5, 5.41) is 3.39. The molecule has 1 aromatic carbocycles. The standard InChI is InChI=1S/C15H17N3/c1-2-4-12(5-3-1)14-10-15(18-11-17-14)13-6-8-16-9-7-13/h1-5,10-11,13,16H,6-9H2. The summed E-state index contributed by atoms with van der Waals surface area (Å²) < 4.78 is 0. The molecule has 2 heterocycles. The Kier molecular flexibility index (Phi) is 3.33. The molecular formula is C15H17N3. The van der Waals surface area contributed by atoms with Crippen molar-refractivity contribution in [2.45, 2.75) is 18.8 Å². The molecule has 1 aromatic heterocycles. The van der Waals surface area contributed by atoms with Crippen LogP contribution in [0.25, 0.3) is 11.3 Å². The van der Waals surface area contributed by atoms with Crippen molar-refractivity contribution in [1.29, 1.82) is 0 Å². The van der Waals surface area contributed by atoms with Crippen molar-refractivity contribution in [2.75, 3.05) is 13.1 Å². The number of hydrogen-bond acceptors (Lipinski definition) is 3. The zero-order valence-corrected chi connectivity index (χ0v) is 10.3. The Morgan fingerprint density at radius 1 is 1.00 bits per heavy atom. The van der Waals surface area contributed by atoms with Gasteiger partial charge in [-0.2, -0.15) is 0 Å². The molecule has 0 unspecified atom stereocenters. The van der Waals surface area contributed by atoms with Crippen LogP contribution < -0.4 is 5.32 Å². The van der Waals surface area contributed by atoms with Crippen LogP contribution in [0.1, 0.15) is 24.5 Å². The van der Waals surface area contributed by atoms with Gasteiger partial charge in [0.05, 0.1) is 5.69 Å². The molecule has 1 aliphatic heterocycles. The number of aromatic nitrogens is 2. The number of rotatable bonds is 2. The van der Waals surface area contributed by atoms with E-state index in [9.17, 15) is 0 Å². The third-order valence-corrected chi connectivity index (χ3v) is 3.52. The lowest BCUT2D eigenvalue weighted by Gasteiger charge is -2.22. The third-order valence-electron chi connectivity index (χ3n) is 3.52. The van der Waals surface area contributed by atoms with Crippen LogP contribution in [0.3, 0.4) is 0 Å². The molecular weight excluding hydrogens is 222 g/mol. The second kappa shape index (κ2) is 5.27. The van der Waals surface area contributed by atoms with Gasteiger partial charge < -0.3 is 5.32 Å². The Morgan fingerprint density at radius 2 is 1.78 bits per heavy atom. The van der Waals surface area contributed by atoms with Crippen LogP contribution in [0, 0.1) is 0 Å². The smallest absolute Gasteiger partial charge is 0.116 e. The topological polar surface area (TPSA) is 37.8 Å². The Labute approximate surface area is 107 Å². The lowest BCUT2D eigenvalue weighted by molar-refractivity contribution is 0.453. The van der Waals surface area contributed by atoms with Crippen molar-refractivity contribution in [3.8, 4) is 11.3 Å². The molecule has 0 bridgehead atoms. The van der Waals surface area contributed by atoms with E-state index in [0.29, 0.717) is 5.92 Å². The van der Waals surface area contributed by atoms with Gasteiger partial charge in [0.15, 0.2) is 0 Å². The Balaban J connectivity index is 1.89. The van der Waals surface area contributed by atoms with Crippen LogP contribution in [0.5, 0.6) is 0 Å². The fourth-order valence-electron chi connectivity index (χ4n) is 2.48. The molecule has 92 valence electrons. The van der Waals surface area contributed by atoms with Crippen LogP contribution in [-0.4, -0.2) is 23.1 Å². The summed E-state index contributed by atoms with van der Waals surface area (Å²) in [6.07, 6.45) is 4.04. The molecule has 0 aliphatic carbocycles. The molecule has 0 saturated carbocycles. The zero-order chi connectivity index (χ0) is 12.2. The van der Waals surface area contributed by atoms with Crippen LogP contribution in [0.15, 0.2) is 42.7 Å². The van der Waals surface area contributed by atoms with Crippen molar-refractivity contribution in [2.24, 2.45) is 0 Å². The van der Waals surface area contributed by atoms with Gasteiger partial charge in [-0.15, -0.1) is 0 Å². The SMILES string of the molecule is c1ccc(-c2cc(C3CCNCC3)ncn2)cc1. The zero-order valence-electron chi connectivity index (χ0n) is 10.3. The van der Waals surface area contributed by atoms with Gasteiger partial charge in [0.1, 0.15) is 6.33 Å². The number of piperidine rings is 1. The minimum atomic E-state index is 0.580. The van der Waals surface area contributed by atoms with E-state index in [1.165, 1.54) is 18.5 Å². The largest absolute Gasteiger partial charge is 0.317 e. The van der Waals surface area contributed by atoms with Crippen LogP contribution in [-0.2, 0) is 0 Å². The molecule has 2 aromatic rings. The van der Waals surface area contributed by atoms with Gasteiger partial charge in [0.25, 0.3) is 0 Å². The quantitative estimate of drug-likeness (QED) is 0.875. The normalized spacial score (nSPS) is 16.7. The van der Waals surface area contributed by atoms with Gasteiger partial charge in [0.2, 0.25) is 0 Å². The van der Waals surface area contributed by atoms with Crippen LogP contribution >= 0.6 is 0 Å². The summed E-state index contributed by atoms with van der Waals surface area (Å²) in [6.45, 7) is 2.19. The van der Waals surface area contributed by atoms with E-state index in [0.717, 1.165) is 24.3 Å². The number of hydrogen-bond donors (Lipinski definition) is 1. The molecule has 18 heavy (non-hydrogen) atoms. The minimum absolute atomic E-state index is 0.580. The molecule has 0 radical (unpaired) electrons. The number of benzene rings is 1. The molecule has 1 N–H and O–H groups in total. The second-order valence-corrected chi connectivity index (χ2v) is 4.72. The highest BCUT2D eigenvalue weighted by atomic mass is 14.9. The highest BCUT2D eigenvalue weighted by Crippen LogP contribution is 2.25.